The largest absolute Gasteiger partial charge is 0.300 e. The van der Waals surface area contributed by atoms with Crippen LogP contribution >= 0.6 is 0 Å². The molecule has 3 fully saturated rings. The van der Waals surface area contributed by atoms with Gasteiger partial charge in [-0.05, 0) is 31.7 Å². The smallest absolute Gasteiger partial charge is 0.136 e. The fraction of sp³-hybridized carbons (Fsp3) is 0.632. The van der Waals surface area contributed by atoms with Crippen molar-refractivity contribution >= 4 is 5.78 Å². The van der Waals surface area contributed by atoms with E-state index < -0.39 is 0 Å². The maximum absolute atomic E-state index is 11.8. The number of benzene rings is 1. The van der Waals surface area contributed by atoms with E-state index in [1.165, 1.54) is 31.4 Å². The molecule has 2 bridgehead atoms. The third-order valence-electron chi connectivity index (χ3n) is 6.06. The number of likely N-dealkylation sites (tertiary alicyclic amines) is 1. The van der Waals surface area contributed by atoms with E-state index in [1.54, 1.807) is 0 Å². The van der Waals surface area contributed by atoms with Gasteiger partial charge in [0.1, 0.15) is 5.78 Å². The second kappa shape index (κ2) is 5.78. The fourth-order valence-corrected chi connectivity index (χ4v) is 4.97. The van der Waals surface area contributed by atoms with E-state index in [-0.39, 0.29) is 0 Å². The van der Waals surface area contributed by atoms with Crippen LogP contribution in [0.2, 0.25) is 0 Å². The van der Waals surface area contributed by atoms with E-state index in [9.17, 15) is 4.79 Å². The van der Waals surface area contributed by atoms with Crippen LogP contribution in [0.15, 0.2) is 30.3 Å². The molecule has 4 unspecified atom stereocenters. The minimum absolute atomic E-state index is 0.496. The summed E-state index contributed by atoms with van der Waals surface area (Å²) in [5, 5.41) is 0. The van der Waals surface area contributed by atoms with Crippen molar-refractivity contribution in [3.05, 3.63) is 35.9 Å². The molecular formula is C19H26N2O. The zero-order valence-corrected chi connectivity index (χ0v) is 13.4. The number of rotatable bonds is 3. The number of hydrogen-bond donors (Lipinski definition) is 0. The second-order valence-electron chi connectivity index (χ2n) is 7.33. The maximum atomic E-state index is 11.8. The first-order valence-corrected chi connectivity index (χ1v) is 8.79. The molecule has 1 aromatic rings. The Bertz CT molecular complexity index is 528. The van der Waals surface area contributed by atoms with Crippen LogP contribution in [-0.2, 0) is 11.3 Å². The van der Waals surface area contributed by atoms with Crippen LogP contribution < -0.4 is 0 Å². The zero-order valence-electron chi connectivity index (χ0n) is 13.4. The van der Waals surface area contributed by atoms with Crippen LogP contribution in [0.25, 0.3) is 0 Å². The van der Waals surface area contributed by atoms with Crippen molar-refractivity contribution in [3.63, 3.8) is 0 Å². The SMILES string of the molecule is CC1C(N2C3CCC2CC(=O)C3)CCN1Cc1ccccc1. The summed E-state index contributed by atoms with van der Waals surface area (Å²) in [6.07, 6.45) is 5.34. The van der Waals surface area contributed by atoms with Gasteiger partial charge in [-0.15, -0.1) is 0 Å². The van der Waals surface area contributed by atoms with Gasteiger partial charge in [0, 0.05) is 50.1 Å². The summed E-state index contributed by atoms with van der Waals surface area (Å²) in [6, 6.07) is 13.1. The molecule has 3 nitrogen and oxygen atoms in total. The van der Waals surface area contributed by atoms with Crippen molar-refractivity contribution in [2.75, 3.05) is 6.54 Å². The minimum Gasteiger partial charge on any atom is -0.300 e. The molecule has 0 amide bonds. The molecule has 3 heteroatoms. The minimum atomic E-state index is 0.496. The molecule has 4 rings (SSSR count). The summed E-state index contributed by atoms with van der Waals surface area (Å²) in [7, 11) is 0. The van der Waals surface area contributed by atoms with E-state index in [2.05, 4.69) is 47.1 Å². The number of Topliss-reactive ketones (excluding diaryl/α,β-unsaturated/α-hetero) is 1. The molecule has 0 aliphatic carbocycles. The molecule has 0 saturated carbocycles. The van der Waals surface area contributed by atoms with Gasteiger partial charge in [0.15, 0.2) is 0 Å². The fourth-order valence-electron chi connectivity index (χ4n) is 4.97. The van der Waals surface area contributed by atoms with Crippen molar-refractivity contribution in [1.29, 1.82) is 0 Å². The molecule has 3 aliphatic rings. The first-order chi connectivity index (χ1) is 10.7. The Balaban J connectivity index is 1.45. The average molecular weight is 298 g/mol. The second-order valence-corrected chi connectivity index (χ2v) is 7.33. The Hall–Kier alpha value is -1.19. The highest BCUT2D eigenvalue weighted by Crippen LogP contribution is 2.39. The van der Waals surface area contributed by atoms with Gasteiger partial charge in [0.25, 0.3) is 0 Å². The molecule has 4 atom stereocenters. The molecule has 3 aliphatic heterocycles. The van der Waals surface area contributed by atoms with Gasteiger partial charge in [0.05, 0.1) is 0 Å². The van der Waals surface area contributed by atoms with Gasteiger partial charge in [-0.3, -0.25) is 14.6 Å². The van der Waals surface area contributed by atoms with Gasteiger partial charge in [-0.1, -0.05) is 30.3 Å². The number of fused-ring (bicyclic) bond motifs is 2. The Labute approximate surface area is 133 Å². The Morgan fingerprint density at radius 1 is 1.05 bits per heavy atom. The summed E-state index contributed by atoms with van der Waals surface area (Å²) in [5.41, 5.74) is 1.41. The van der Waals surface area contributed by atoms with Crippen molar-refractivity contribution < 1.29 is 4.79 Å². The van der Waals surface area contributed by atoms with E-state index in [1.807, 2.05) is 0 Å². The van der Waals surface area contributed by atoms with Gasteiger partial charge < -0.3 is 0 Å². The molecular weight excluding hydrogens is 272 g/mol. The Morgan fingerprint density at radius 3 is 2.41 bits per heavy atom. The van der Waals surface area contributed by atoms with Crippen molar-refractivity contribution in [1.82, 2.24) is 9.80 Å². The quantitative estimate of drug-likeness (QED) is 0.857. The van der Waals surface area contributed by atoms with Gasteiger partial charge in [0.2, 0.25) is 0 Å². The predicted molar refractivity (Wildman–Crippen MR) is 87.6 cm³/mol. The van der Waals surface area contributed by atoms with Crippen molar-refractivity contribution in [2.24, 2.45) is 0 Å². The Kier molecular flexibility index (Phi) is 3.79. The highest BCUT2D eigenvalue weighted by atomic mass is 16.1. The van der Waals surface area contributed by atoms with E-state index in [0.29, 0.717) is 30.0 Å². The molecule has 0 aromatic heterocycles. The lowest BCUT2D eigenvalue weighted by atomic mass is 9.96. The highest BCUT2D eigenvalue weighted by molar-refractivity contribution is 5.81. The third-order valence-corrected chi connectivity index (χ3v) is 6.06. The van der Waals surface area contributed by atoms with Crippen molar-refractivity contribution in [2.45, 2.75) is 69.7 Å². The zero-order chi connectivity index (χ0) is 15.1. The number of hydrogen-bond acceptors (Lipinski definition) is 3. The number of carbonyl (C=O) groups excluding carboxylic acids is 1. The summed E-state index contributed by atoms with van der Waals surface area (Å²) in [4.78, 5) is 17.2. The summed E-state index contributed by atoms with van der Waals surface area (Å²) < 4.78 is 0. The molecule has 0 N–H and O–H groups in total. The molecule has 3 saturated heterocycles. The van der Waals surface area contributed by atoms with Crippen LogP contribution in [-0.4, -0.2) is 46.3 Å². The van der Waals surface area contributed by atoms with E-state index in [0.717, 1.165) is 19.4 Å². The molecule has 0 spiro atoms. The topological polar surface area (TPSA) is 23.6 Å². The van der Waals surface area contributed by atoms with Crippen LogP contribution in [0, 0.1) is 0 Å². The molecule has 1 aromatic carbocycles. The lowest BCUT2D eigenvalue weighted by Gasteiger charge is -2.41. The van der Waals surface area contributed by atoms with Gasteiger partial charge >= 0.3 is 0 Å². The van der Waals surface area contributed by atoms with Crippen LogP contribution in [0.3, 0.4) is 0 Å². The molecule has 22 heavy (non-hydrogen) atoms. The first-order valence-electron chi connectivity index (χ1n) is 8.79. The van der Waals surface area contributed by atoms with Crippen LogP contribution in [0.1, 0.15) is 44.6 Å². The average Bonchev–Trinajstić information content (AvgIpc) is 2.99. The first kappa shape index (κ1) is 14.4. The third kappa shape index (κ3) is 2.50. The number of piperidine rings is 1. The number of nitrogens with zero attached hydrogens (tertiary/aromatic N) is 2. The predicted octanol–water partition coefficient (Wildman–Crippen LogP) is 2.85. The van der Waals surface area contributed by atoms with Gasteiger partial charge in [-0.25, -0.2) is 0 Å². The summed E-state index contributed by atoms with van der Waals surface area (Å²) in [5.74, 6) is 0.496. The van der Waals surface area contributed by atoms with Crippen LogP contribution in [0.5, 0.6) is 0 Å². The van der Waals surface area contributed by atoms with E-state index >= 15 is 0 Å². The molecule has 3 heterocycles. The lowest BCUT2D eigenvalue weighted by molar-refractivity contribution is -0.124. The standard InChI is InChI=1S/C19H26N2O/c1-14-19(21-16-7-8-17(21)12-18(22)11-16)9-10-20(14)13-15-5-3-2-4-6-15/h2-6,14,16-17,19H,7-13H2,1H3. The van der Waals surface area contributed by atoms with Gasteiger partial charge in [-0.2, -0.15) is 0 Å². The monoisotopic (exact) mass is 298 g/mol. The summed E-state index contributed by atoms with van der Waals surface area (Å²) >= 11 is 0. The summed E-state index contributed by atoms with van der Waals surface area (Å²) in [6.45, 7) is 4.63. The van der Waals surface area contributed by atoms with Crippen LogP contribution in [0.4, 0.5) is 0 Å². The maximum Gasteiger partial charge on any atom is 0.136 e. The molecule has 118 valence electrons. The molecule has 0 radical (unpaired) electrons. The number of ketones is 1. The normalized spacial score (nSPS) is 36.1. The lowest BCUT2D eigenvalue weighted by Crippen LogP contribution is -2.52. The highest BCUT2D eigenvalue weighted by Gasteiger charge is 2.47. The Morgan fingerprint density at radius 2 is 1.73 bits per heavy atom. The van der Waals surface area contributed by atoms with E-state index in [4.69, 9.17) is 0 Å². The van der Waals surface area contributed by atoms with Crippen molar-refractivity contribution in [3.8, 4) is 0 Å². The number of carbonyl (C=O) groups is 1.